The zero-order valence-corrected chi connectivity index (χ0v) is 10.7. The van der Waals surface area contributed by atoms with E-state index in [1.807, 2.05) is 0 Å². The Hall–Kier alpha value is -0.0500. The van der Waals surface area contributed by atoms with Crippen LogP contribution in [0.5, 0.6) is 0 Å². The largest absolute Gasteiger partial charge is 0.379 e. The van der Waals surface area contributed by atoms with Crippen LogP contribution in [0.1, 0.15) is 0 Å². The number of hydrogen-bond acceptors (Lipinski definition) is 4. The van der Waals surface area contributed by atoms with E-state index in [-0.39, 0.29) is 11.9 Å². The van der Waals surface area contributed by atoms with Crippen molar-refractivity contribution in [3.63, 3.8) is 0 Å². The van der Waals surface area contributed by atoms with Crippen LogP contribution in [0.3, 0.4) is 0 Å². The molecule has 1 saturated heterocycles. The predicted molar refractivity (Wildman–Crippen MR) is 61.8 cm³/mol. The number of hydrogen-bond donors (Lipinski definition) is 1. The van der Waals surface area contributed by atoms with Crippen molar-refractivity contribution >= 4 is 12.6 Å². The summed E-state index contributed by atoms with van der Waals surface area (Å²) in [5.74, 6) is -4.09. The molecule has 108 valence electrons. The molecule has 1 aliphatic heterocycles. The van der Waals surface area contributed by atoms with Gasteiger partial charge in [-0.15, -0.1) is 0 Å². The van der Waals surface area contributed by atoms with E-state index >= 15 is 0 Å². The fraction of sp³-hybridized carbons (Fsp3) is 1.00. The van der Waals surface area contributed by atoms with Crippen LogP contribution in [0.4, 0.5) is 17.6 Å². The van der Waals surface area contributed by atoms with Crippen molar-refractivity contribution in [3.8, 4) is 0 Å². The van der Waals surface area contributed by atoms with Crippen LogP contribution in [-0.4, -0.2) is 68.6 Å². The highest BCUT2D eigenvalue weighted by Gasteiger charge is 2.41. The highest BCUT2D eigenvalue weighted by atomic mass is 32.1. The second-order valence-electron chi connectivity index (χ2n) is 4.14. The monoisotopic (exact) mass is 291 g/mol. The summed E-state index contributed by atoms with van der Waals surface area (Å²) in [6.45, 7) is 1.98. The van der Waals surface area contributed by atoms with Gasteiger partial charge in [0, 0.05) is 24.9 Å². The smallest absolute Gasteiger partial charge is 0.330 e. The first kappa shape index (κ1) is 16.0. The second kappa shape index (κ2) is 7.52. The molecule has 8 heteroatoms. The van der Waals surface area contributed by atoms with E-state index in [0.717, 1.165) is 13.1 Å². The molecule has 0 amide bonds. The van der Waals surface area contributed by atoms with Crippen LogP contribution in [0.2, 0.25) is 0 Å². The van der Waals surface area contributed by atoms with Crippen LogP contribution in [-0.2, 0) is 9.47 Å². The minimum Gasteiger partial charge on any atom is -0.379 e. The van der Waals surface area contributed by atoms with Gasteiger partial charge in [-0.25, -0.2) is 8.78 Å². The minimum atomic E-state index is -4.09. The number of ether oxygens (including phenoxy) is 2. The van der Waals surface area contributed by atoms with Gasteiger partial charge in [0.05, 0.1) is 19.8 Å². The Bertz CT molecular complexity index is 240. The van der Waals surface area contributed by atoms with Gasteiger partial charge in [-0.05, 0) is 0 Å². The third kappa shape index (κ3) is 5.73. The number of nitrogens with zero attached hydrogens (tertiary/aromatic N) is 1. The third-order valence-corrected chi connectivity index (χ3v) is 2.81. The fourth-order valence-electron chi connectivity index (χ4n) is 1.53. The molecule has 1 unspecified atom stereocenters. The maximum atomic E-state index is 12.5. The summed E-state index contributed by atoms with van der Waals surface area (Å²) in [4.78, 5) is 2.07. The van der Waals surface area contributed by atoms with E-state index in [1.54, 1.807) is 0 Å². The zero-order chi connectivity index (χ0) is 13.6. The van der Waals surface area contributed by atoms with Gasteiger partial charge < -0.3 is 9.47 Å². The van der Waals surface area contributed by atoms with Crippen LogP contribution in [0, 0.1) is 0 Å². The Labute approximate surface area is 109 Å². The molecule has 0 bridgehead atoms. The van der Waals surface area contributed by atoms with Gasteiger partial charge in [-0.3, -0.25) is 4.90 Å². The molecule has 1 rings (SSSR count). The summed E-state index contributed by atoms with van der Waals surface area (Å²) in [7, 11) is 0. The Kier molecular flexibility index (Phi) is 6.68. The van der Waals surface area contributed by atoms with Crippen molar-refractivity contribution in [1.82, 2.24) is 4.90 Å². The first-order chi connectivity index (χ1) is 8.42. The fourth-order valence-corrected chi connectivity index (χ4v) is 1.86. The molecule has 0 saturated carbocycles. The molecule has 18 heavy (non-hydrogen) atoms. The normalized spacial score (nSPS) is 20.3. The van der Waals surface area contributed by atoms with E-state index in [1.165, 1.54) is 0 Å². The Balaban J connectivity index is 2.14. The lowest BCUT2D eigenvalue weighted by molar-refractivity contribution is -0.165. The Morgan fingerprint density at radius 2 is 1.89 bits per heavy atom. The van der Waals surface area contributed by atoms with Gasteiger partial charge in [0.1, 0.15) is 6.61 Å². The van der Waals surface area contributed by atoms with Gasteiger partial charge >= 0.3 is 12.3 Å². The molecule has 1 fully saturated rings. The highest BCUT2D eigenvalue weighted by Crippen LogP contribution is 2.23. The number of rotatable bonds is 7. The molecule has 0 aromatic rings. The van der Waals surface area contributed by atoms with Crippen LogP contribution >= 0.6 is 12.6 Å². The lowest BCUT2D eigenvalue weighted by Crippen LogP contribution is -2.41. The summed E-state index contributed by atoms with van der Waals surface area (Å²) in [6, 6.07) is 0. The van der Waals surface area contributed by atoms with Crippen molar-refractivity contribution in [2.45, 2.75) is 17.6 Å². The molecule has 0 radical (unpaired) electrons. The summed E-state index contributed by atoms with van der Waals surface area (Å²) in [5.41, 5.74) is 0. The first-order valence-electron chi connectivity index (χ1n) is 5.63. The highest BCUT2D eigenvalue weighted by molar-refractivity contribution is 7.81. The molecule has 0 aromatic heterocycles. The average Bonchev–Trinajstić information content (AvgIpc) is 2.29. The second-order valence-corrected chi connectivity index (χ2v) is 4.87. The van der Waals surface area contributed by atoms with Gasteiger partial charge in [0.2, 0.25) is 0 Å². The third-order valence-electron chi connectivity index (χ3n) is 2.50. The van der Waals surface area contributed by atoms with Crippen molar-refractivity contribution in [2.75, 3.05) is 46.1 Å². The SMILES string of the molecule is FC(F)C(F)(F)COCC(S)CN1CCOCC1. The van der Waals surface area contributed by atoms with E-state index in [2.05, 4.69) is 22.3 Å². The first-order valence-corrected chi connectivity index (χ1v) is 6.15. The van der Waals surface area contributed by atoms with Crippen LogP contribution in [0.25, 0.3) is 0 Å². The minimum absolute atomic E-state index is 0.0806. The lowest BCUT2D eigenvalue weighted by Gasteiger charge is -2.28. The summed E-state index contributed by atoms with van der Waals surface area (Å²) >= 11 is 4.18. The molecular weight excluding hydrogens is 274 g/mol. The Morgan fingerprint density at radius 3 is 2.44 bits per heavy atom. The van der Waals surface area contributed by atoms with E-state index in [4.69, 9.17) is 4.74 Å². The molecule has 0 spiro atoms. The zero-order valence-electron chi connectivity index (χ0n) is 9.83. The number of halogens is 4. The topological polar surface area (TPSA) is 21.7 Å². The molecule has 1 atom stereocenters. The van der Waals surface area contributed by atoms with E-state index in [9.17, 15) is 17.6 Å². The van der Waals surface area contributed by atoms with Crippen molar-refractivity contribution < 1.29 is 27.0 Å². The van der Waals surface area contributed by atoms with Crippen molar-refractivity contribution in [2.24, 2.45) is 0 Å². The maximum Gasteiger partial charge on any atom is 0.330 e. The van der Waals surface area contributed by atoms with E-state index in [0.29, 0.717) is 19.8 Å². The molecule has 1 heterocycles. The standard InChI is InChI=1S/C10H17F4NO2S/c11-9(12)10(13,14)7-17-6-8(18)5-15-1-3-16-4-2-15/h8-9,18H,1-7H2. The number of morpholine rings is 1. The van der Waals surface area contributed by atoms with E-state index < -0.39 is 19.0 Å². The Morgan fingerprint density at radius 1 is 1.28 bits per heavy atom. The average molecular weight is 291 g/mol. The summed E-state index contributed by atoms with van der Waals surface area (Å²) in [6.07, 6.45) is -3.70. The lowest BCUT2D eigenvalue weighted by atomic mass is 10.3. The number of alkyl halides is 4. The molecule has 1 aliphatic rings. The van der Waals surface area contributed by atoms with Gasteiger partial charge in [-0.1, -0.05) is 0 Å². The van der Waals surface area contributed by atoms with Crippen LogP contribution < -0.4 is 0 Å². The van der Waals surface area contributed by atoms with Crippen molar-refractivity contribution in [3.05, 3.63) is 0 Å². The number of thiol groups is 1. The maximum absolute atomic E-state index is 12.5. The van der Waals surface area contributed by atoms with Gasteiger partial charge in [0.15, 0.2) is 0 Å². The molecule has 0 aliphatic carbocycles. The van der Waals surface area contributed by atoms with Gasteiger partial charge in [0.25, 0.3) is 0 Å². The quantitative estimate of drug-likeness (QED) is 0.568. The molecule has 0 N–H and O–H groups in total. The molecular formula is C10H17F4NO2S. The van der Waals surface area contributed by atoms with Crippen LogP contribution in [0.15, 0.2) is 0 Å². The molecule has 3 nitrogen and oxygen atoms in total. The molecule has 0 aromatic carbocycles. The van der Waals surface area contributed by atoms with Gasteiger partial charge in [-0.2, -0.15) is 21.4 Å². The predicted octanol–water partition coefficient (Wildman–Crippen LogP) is 1.53. The van der Waals surface area contributed by atoms with Crippen molar-refractivity contribution in [1.29, 1.82) is 0 Å². The summed E-state index contributed by atoms with van der Waals surface area (Å²) in [5, 5.41) is -0.281. The summed E-state index contributed by atoms with van der Waals surface area (Å²) < 4.78 is 58.5.